The molecule has 4 nitrogen and oxygen atoms in total. The lowest BCUT2D eigenvalue weighted by atomic mass is 9.66. The van der Waals surface area contributed by atoms with E-state index in [4.69, 9.17) is 23.2 Å². The molecule has 0 N–H and O–H groups in total. The minimum atomic E-state index is -1.50. The molecule has 0 saturated carbocycles. The van der Waals surface area contributed by atoms with Crippen molar-refractivity contribution < 1.29 is 4.79 Å². The summed E-state index contributed by atoms with van der Waals surface area (Å²) in [7, 11) is 0. The molecular weight excluding hydrogens is 429 g/mol. The molecule has 0 unspecified atom stereocenters. The Morgan fingerprint density at radius 3 is 2.35 bits per heavy atom. The van der Waals surface area contributed by atoms with E-state index in [-0.39, 0.29) is 5.78 Å². The molecule has 2 aromatic carbocycles. The Morgan fingerprint density at radius 1 is 1.06 bits per heavy atom. The molecule has 2 aromatic rings. The summed E-state index contributed by atoms with van der Waals surface area (Å²) in [5, 5.41) is 21.6. The minimum Gasteiger partial charge on any atom is -0.357 e. The first-order valence-electron chi connectivity index (χ1n) is 10.0. The highest BCUT2D eigenvalue weighted by Crippen LogP contribution is 2.60. The highest BCUT2D eigenvalue weighted by Gasteiger charge is 2.64. The van der Waals surface area contributed by atoms with Crippen LogP contribution in [0.1, 0.15) is 49.4 Å². The van der Waals surface area contributed by atoms with Crippen LogP contribution in [0.5, 0.6) is 0 Å². The number of nitriles is 2. The van der Waals surface area contributed by atoms with Crippen LogP contribution >= 0.6 is 23.2 Å². The third-order valence-corrected chi connectivity index (χ3v) is 6.99. The quantitative estimate of drug-likeness (QED) is 0.552. The summed E-state index contributed by atoms with van der Waals surface area (Å²) in [6, 6.07) is 16.1. The maximum atomic E-state index is 13.7. The first kappa shape index (κ1) is 21.4. The molecule has 0 amide bonds. The second kappa shape index (κ2) is 7.41. The molecular formula is C25H21Cl2N3O. The van der Waals surface area contributed by atoms with Gasteiger partial charge in [-0.1, -0.05) is 74.3 Å². The Bertz CT molecular complexity index is 1170. The lowest BCUT2D eigenvalue weighted by molar-refractivity contribution is -0.130. The normalized spacial score (nSPS) is 23.5. The average Bonchev–Trinajstić information content (AvgIpc) is 3.05. The van der Waals surface area contributed by atoms with E-state index in [1.807, 2.05) is 62.2 Å². The Labute approximate surface area is 192 Å². The van der Waals surface area contributed by atoms with E-state index in [2.05, 4.69) is 12.1 Å². The van der Waals surface area contributed by atoms with Gasteiger partial charge in [-0.25, -0.2) is 0 Å². The number of carbonyl (C=O) groups excluding carboxylic acids is 1. The molecule has 0 aliphatic carbocycles. The van der Waals surface area contributed by atoms with Crippen molar-refractivity contribution in [1.82, 2.24) is 4.90 Å². The third kappa shape index (κ3) is 3.14. The predicted octanol–water partition coefficient (Wildman–Crippen LogP) is 6.14. The van der Waals surface area contributed by atoms with Crippen LogP contribution in [0.4, 0.5) is 0 Å². The molecule has 1 saturated heterocycles. The third-order valence-electron chi connectivity index (χ3n) is 6.25. The fourth-order valence-corrected chi connectivity index (χ4v) is 5.12. The van der Waals surface area contributed by atoms with Crippen molar-refractivity contribution in [3.8, 4) is 12.1 Å². The van der Waals surface area contributed by atoms with Gasteiger partial charge in [0.1, 0.15) is 0 Å². The van der Waals surface area contributed by atoms with E-state index in [0.29, 0.717) is 15.6 Å². The predicted molar refractivity (Wildman–Crippen MR) is 121 cm³/mol. The van der Waals surface area contributed by atoms with E-state index in [0.717, 1.165) is 11.1 Å². The van der Waals surface area contributed by atoms with Gasteiger partial charge in [-0.3, -0.25) is 4.79 Å². The first-order chi connectivity index (χ1) is 14.7. The second-order valence-corrected chi connectivity index (χ2v) is 9.91. The number of carbonyl (C=O) groups is 1. The second-order valence-electron chi connectivity index (χ2n) is 9.10. The number of hydrogen-bond acceptors (Lipinski definition) is 4. The summed E-state index contributed by atoms with van der Waals surface area (Å²) in [4.78, 5) is 15.6. The highest BCUT2D eigenvalue weighted by molar-refractivity contribution is 6.42. The standard InChI is InChI=1S/C25H21Cl2N3O/c1-24(2,3)23(31)21-20(16-8-9-18(26)19(27)12-16)25(13-28,14-29)22-17-7-5-4-6-15(17)10-11-30(21)22/h4-12,20-22H,1-3H3/t20-,21+,22-/m0/s1. The molecule has 0 radical (unpaired) electrons. The fraction of sp³-hybridized carbons (Fsp3) is 0.320. The summed E-state index contributed by atoms with van der Waals surface area (Å²) >= 11 is 12.4. The van der Waals surface area contributed by atoms with Gasteiger partial charge in [0, 0.05) is 17.5 Å². The van der Waals surface area contributed by atoms with Crippen LogP contribution in [-0.2, 0) is 4.79 Å². The molecule has 0 bridgehead atoms. The largest absolute Gasteiger partial charge is 0.357 e. The molecule has 1 fully saturated rings. The molecule has 31 heavy (non-hydrogen) atoms. The fourth-order valence-electron chi connectivity index (χ4n) is 4.82. The molecule has 2 aliphatic heterocycles. The van der Waals surface area contributed by atoms with Crippen molar-refractivity contribution in [2.45, 2.75) is 38.8 Å². The monoisotopic (exact) mass is 449 g/mol. The Morgan fingerprint density at radius 2 is 1.74 bits per heavy atom. The zero-order valence-electron chi connectivity index (χ0n) is 17.4. The van der Waals surface area contributed by atoms with Crippen molar-refractivity contribution in [2.75, 3.05) is 0 Å². The number of halogens is 2. The van der Waals surface area contributed by atoms with Crippen LogP contribution in [0.25, 0.3) is 6.08 Å². The lowest BCUT2D eigenvalue weighted by Gasteiger charge is -2.36. The van der Waals surface area contributed by atoms with Crippen LogP contribution in [0.15, 0.2) is 48.7 Å². The topological polar surface area (TPSA) is 67.9 Å². The van der Waals surface area contributed by atoms with E-state index >= 15 is 0 Å². The van der Waals surface area contributed by atoms with Gasteiger partial charge < -0.3 is 4.90 Å². The van der Waals surface area contributed by atoms with Gasteiger partial charge in [0.25, 0.3) is 0 Å². The van der Waals surface area contributed by atoms with Gasteiger partial charge in [-0.2, -0.15) is 10.5 Å². The van der Waals surface area contributed by atoms with Crippen molar-refractivity contribution in [3.05, 3.63) is 75.4 Å². The smallest absolute Gasteiger partial charge is 0.177 e. The Kier molecular flexibility index (Phi) is 5.13. The highest BCUT2D eigenvalue weighted by atomic mass is 35.5. The summed E-state index contributed by atoms with van der Waals surface area (Å²) in [6.45, 7) is 5.57. The minimum absolute atomic E-state index is 0.0371. The van der Waals surface area contributed by atoms with E-state index in [9.17, 15) is 15.3 Å². The maximum Gasteiger partial charge on any atom is 0.177 e. The van der Waals surface area contributed by atoms with Gasteiger partial charge in [0.2, 0.25) is 0 Å². The number of nitrogens with zero attached hydrogens (tertiary/aromatic N) is 3. The first-order valence-corrected chi connectivity index (χ1v) is 10.8. The van der Waals surface area contributed by atoms with Gasteiger partial charge >= 0.3 is 0 Å². The summed E-state index contributed by atoms with van der Waals surface area (Å²) in [5.41, 5.74) is 0.289. The zero-order chi connectivity index (χ0) is 22.6. The van der Waals surface area contributed by atoms with Crippen LogP contribution in [0.3, 0.4) is 0 Å². The number of Topliss-reactive ketones (excluding diaryl/α,β-unsaturated/α-hetero) is 1. The number of ketones is 1. The summed E-state index contributed by atoms with van der Waals surface area (Å²) in [6.07, 6.45) is 3.79. The number of fused-ring (bicyclic) bond motifs is 3. The van der Waals surface area contributed by atoms with Gasteiger partial charge in [0.15, 0.2) is 11.2 Å². The number of rotatable bonds is 2. The molecule has 0 aromatic heterocycles. The maximum absolute atomic E-state index is 13.7. The molecule has 0 spiro atoms. The lowest BCUT2D eigenvalue weighted by Crippen LogP contribution is -2.43. The van der Waals surface area contributed by atoms with Gasteiger partial charge in [0.05, 0.1) is 34.3 Å². The van der Waals surface area contributed by atoms with Crippen molar-refractivity contribution in [3.63, 3.8) is 0 Å². The summed E-state index contributed by atoms with van der Waals surface area (Å²) < 4.78 is 0. The van der Waals surface area contributed by atoms with Crippen LogP contribution in [-0.4, -0.2) is 16.7 Å². The molecule has 6 heteroatoms. The van der Waals surface area contributed by atoms with Crippen LogP contribution in [0, 0.1) is 33.5 Å². The van der Waals surface area contributed by atoms with E-state index in [1.54, 1.807) is 18.2 Å². The van der Waals surface area contributed by atoms with E-state index in [1.165, 1.54) is 0 Å². The van der Waals surface area contributed by atoms with E-state index < -0.39 is 28.8 Å². The molecule has 2 aliphatic rings. The van der Waals surface area contributed by atoms with Gasteiger partial charge in [-0.15, -0.1) is 0 Å². The molecule has 2 heterocycles. The van der Waals surface area contributed by atoms with Crippen molar-refractivity contribution in [1.29, 1.82) is 10.5 Å². The Balaban J connectivity index is 2.03. The number of hydrogen-bond donors (Lipinski definition) is 0. The molecule has 156 valence electrons. The van der Waals surface area contributed by atoms with Crippen LogP contribution < -0.4 is 0 Å². The van der Waals surface area contributed by atoms with Crippen molar-refractivity contribution in [2.24, 2.45) is 10.8 Å². The zero-order valence-corrected chi connectivity index (χ0v) is 18.9. The molecule has 4 rings (SSSR count). The van der Waals surface area contributed by atoms with Crippen molar-refractivity contribution >= 4 is 35.1 Å². The Hall–Kier alpha value is -2.79. The number of benzene rings is 2. The SMILES string of the molecule is CC(C)(C)C(=O)[C@H]1[C@H](c2ccc(Cl)c(Cl)c2)C(C#N)(C#N)[C@@H]2c3ccccc3C=CN21. The summed E-state index contributed by atoms with van der Waals surface area (Å²) in [5.74, 6) is -0.741. The van der Waals surface area contributed by atoms with Gasteiger partial charge in [-0.05, 0) is 34.9 Å². The van der Waals surface area contributed by atoms with Crippen LogP contribution in [0.2, 0.25) is 10.0 Å². The average molecular weight is 450 g/mol. The molecule has 3 atom stereocenters.